The number of carbonyl (C=O) groups excluding carboxylic acids is 1. The number of amides is 1. The van der Waals surface area contributed by atoms with Gasteiger partial charge in [0.25, 0.3) is 0 Å². The molecule has 8 atom stereocenters. The van der Waals surface area contributed by atoms with Crippen LogP contribution in [0.2, 0.25) is 0 Å². The predicted octanol–water partition coefficient (Wildman–Crippen LogP) is 3.72. The Morgan fingerprint density at radius 1 is 1.30 bits per heavy atom. The summed E-state index contributed by atoms with van der Waals surface area (Å²) >= 11 is 0. The lowest BCUT2D eigenvalue weighted by molar-refractivity contribution is -0.189. The first-order chi connectivity index (χ1) is 12.6. The van der Waals surface area contributed by atoms with E-state index >= 15 is 0 Å². The van der Waals surface area contributed by atoms with Gasteiger partial charge in [0.1, 0.15) is 0 Å². The van der Waals surface area contributed by atoms with Gasteiger partial charge in [0.15, 0.2) is 0 Å². The average Bonchev–Trinajstić information content (AvgIpc) is 2.90. The minimum absolute atomic E-state index is 0.00450. The highest BCUT2D eigenvalue weighted by atomic mass is 16.3. The van der Waals surface area contributed by atoms with Gasteiger partial charge < -0.3 is 15.1 Å². The van der Waals surface area contributed by atoms with Gasteiger partial charge in [0, 0.05) is 30.0 Å². The van der Waals surface area contributed by atoms with Crippen LogP contribution >= 0.6 is 0 Å². The molecule has 27 heavy (non-hydrogen) atoms. The minimum atomic E-state index is -0.776. The van der Waals surface area contributed by atoms with Gasteiger partial charge in [-0.15, -0.1) is 0 Å². The minimum Gasteiger partial charge on any atom is -0.393 e. The molecule has 3 fully saturated rings. The van der Waals surface area contributed by atoms with Crippen molar-refractivity contribution in [3.05, 3.63) is 11.8 Å². The molecule has 4 nitrogen and oxygen atoms in total. The van der Waals surface area contributed by atoms with Crippen LogP contribution in [-0.2, 0) is 4.79 Å². The van der Waals surface area contributed by atoms with Crippen LogP contribution in [-0.4, -0.2) is 39.3 Å². The number of piperidine rings is 1. The van der Waals surface area contributed by atoms with Gasteiger partial charge in [-0.3, -0.25) is 4.79 Å². The molecule has 4 rings (SSSR count). The number of hydrogen-bond donors (Lipinski definition) is 2. The molecule has 2 N–H and O–H groups in total. The summed E-state index contributed by atoms with van der Waals surface area (Å²) in [4.78, 5) is 14.5. The van der Waals surface area contributed by atoms with Crippen molar-refractivity contribution in [3.63, 3.8) is 0 Å². The van der Waals surface area contributed by atoms with E-state index in [1.807, 2.05) is 18.7 Å². The molecule has 0 aromatic rings. The van der Waals surface area contributed by atoms with Crippen molar-refractivity contribution in [2.24, 2.45) is 34.5 Å². The number of likely N-dealkylation sites (tertiary alicyclic amines) is 1. The molecule has 1 saturated heterocycles. The van der Waals surface area contributed by atoms with Crippen LogP contribution in [0, 0.1) is 34.5 Å². The van der Waals surface area contributed by atoms with Crippen molar-refractivity contribution in [1.29, 1.82) is 0 Å². The largest absolute Gasteiger partial charge is 0.393 e. The first-order valence-electron chi connectivity index (χ1n) is 11.0. The molecule has 1 amide bonds. The van der Waals surface area contributed by atoms with Crippen LogP contribution in [0.15, 0.2) is 11.8 Å². The van der Waals surface area contributed by atoms with Crippen molar-refractivity contribution in [3.8, 4) is 0 Å². The van der Waals surface area contributed by atoms with Crippen molar-refractivity contribution >= 4 is 5.91 Å². The first kappa shape index (κ1) is 19.4. The second kappa shape index (κ2) is 6.06. The summed E-state index contributed by atoms with van der Waals surface area (Å²) in [6.45, 7) is 11.3. The zero-order valence-corrected chi connectivity index (χ0v) is 17.7. The lowest BCUT2D eigenvalue weighted by Crippen LogP contribution is -2.63. The maximum absolute atomic E-state index is 12.5. The highest BCUT2D eigenvalue weighted by Crippen LogP contribution is 2.68. The van der Waals surface area contributed by atoms with E-state index in [1.54, 1.807) is 0 Å². The van der Waals surface area contributed by atoms with Crippen LogP contribution in [0.5, 0.6) is 0 Å². The highest BCUT2D eigenvalue weighted by molar-refractivity contribution is 5.80. The molecule has 3 aliphatic carbocycles. The van der Waals surface area contributed by atoms with E-state index in [0.717, 1.165) is 37.8 Å². The van der Waals surface area contributed by atoms with Crippen LogP contribution < -0.4 is 0 Å². The Morgan fingerprint density at radius 3 is 2.63 bits per heavy atom. The quantitative estimate of drug-likeness (QED) is 0.773. The zero-order chi connectivity index (χ0) is 19.8. The van der Waals surface area contributed by atoms with E-state index in [2.05, 4.69) is 26.8 Å². The fourth-order valence-corrected chi connectivity index (χ4v) is 8.41. The number of aliphatic hydroxyl groups excluding tert-OH is 1. The number of carbonyl (C=O) groups is 1. The third kappa shape index (κ3) is 2.51. The van der Waals surface area contributed by atoms with Gasteiger partial charge in [0.2, 0.25) is 5.91 Å². The summed E-state index contributed by atoms with van der Waals surface area (Å²) in [5.41, 5.74) is 0.244. The van der Waals surface area contributed by atoms with Crippen molar-refractivity contribution in [2.45, 2.75) is 84.8 Å². The lowest BCUT2D eigenvalue weighted by atomic mass is 9.44. The summed E-state index contributed by atoms with van der Waals surface area (Å²) < 4.78 is 0. The van der Waals surface area contributed by atoms with Crippen molar-refractivity contribution in [1.82, 2.24) is 4.90 Å². The number of allylic oxidation sites excluding steroid dienone is 2. The number of rotatable bonds is 2. The van der Waals surface area contributed by atoms with Gasteiger partial charge in [-0.1, -0.05) is 19.9 Å². The fraction of sp³-hybridized carbons (Fsp3) is 0.870. The number of aliphatic hydroxyl groups is 2. The standard InChI is InChI=1S/C23H37NO3/c1-6-24-18-10-7-15-17-9-8-16(14(2)25)22(17,4)13-23(5,27)20(15)21(18,3)12-11-19(24)26/h10,14-17,20,25,27H,6-9,11-13H2,1-5H3/t14?,15?,16-,17?,20?,21+,22-,23+/m1/s1. The van der Waals surface area contributed by atoms with Gasteiger partial charge in [0.05, 0.1) is 11.7 Å². The second-order valence-electron chi connectivity index (χ2n) is 10.6. The van der Waals surface area contributed by atoms with Crippen molar-refractivity contribution < 1.29 is 15.0 Å². The molecule has 0 aromatic carbocycles. The molecular formula is C23H37NO3. The van der Waals surface area contributed by atoms with Gasteiger partial charge in [-0.2, -0.15) is 0 Å². The number of nitrogens with zero attached hydrogens (tertiary/aromatic N) is 1. The molecule has 0 spiro atoms. The van der Waals surface area contributed by atoms with E-state index in [9.17, 15) is 15.0 Å². The Balaban J connectivity index is 1.79. The first-order valence-corrected chi connectivity index (χ1v) is 11.0. The summed E-state index contributed by atoms with van der Waals surface area (Å²) in [6, 6.07) is 0. The van der Waals surface area contributed by atoms with Gasteiger partial charge >= 0.3 is 0 Å². The molecule has 1 aliphatic heterocycles. The molecular weight excluding hydrogens is 338 g/mol. The molecule has 4 heteroatoms. The molecule has 0 aromatic heterocycles. The number of hydrogen-bond acceptors (Lipinski definition) is 3. The molecule has 4 aliphatic rings. The molecule has 0 radical (unpaired) electrons. The topological polar surface area (TPSA) is 60.8 Å². The molecule has 0 bridgehead atoms. The van der Waals surface area contributed by atoms with Crippen LogP contribution in [0.3, 0.4) is 0 Å². The van der Waals surface area contributed by atoms with Crippen LogP contribution in [0.25, 0.3) is 0 Å². The van der Waals surface area contributed by atoms with Crippen molar-refractivity contribution in [2.75, 3.05) is 6.54 Å². The lowest BCUT2D eigenvalue weighted by Gasteiger charge is -2.63. The summed E-state index contributed by atoms with van der Waals surface area (Å²) in [5.74, 6) is 1.66. The maximum Gasteiger partial charge on any atom is 0.226 e. The monoisotopic (exact) mass is 375 g/mol. The average molecular weight is 376 g/mol. The Morgan fingerprint density at radius 2 is 2.00 bits per heavy atom. The van der Waals surface area contributed by atoms with E-state index < -0.39 is 5.60 Å². The fourth-order valence-electron chi connectivity index (χ4n) is 8.41. The van der Waals surface area contributed by atoms with Crippen LogP contribution in [0.1, 0.15) is 73.1 Å². The molecule has 4 unspecified atom stereocenters. The third-order valence-corrected chi connectivity index (χ3v) is 9.04. The van der Waals surface area contributed by atoms with Gasteiger partial charge in [-0.25, -0.2) is 0 Å². The molecule has 1 heterocycles. The Kier molecular flexibility index (Phi) is 4.37. The highest BCUT2D eigenvalue weighted by Gasteiger charge is 2.66. The maximum atomic E-state index is 12.5. The second-order valence-corrected chi connectivity index (χ2v) is 10.6. The Labute approximate surface area is 164 Å². The normalized spacial score (nSPS) is 50.6. The summed E-state index contributed by atoms with van der Waals surface area (Å²) in [7, 11) is 0. The van der Waals surface area contributed by atoms with E-state index in [4.69, 9.17) is 0 Å². The molecule has 2 saturated carbocycles. The molecule has 152 valence electrons. The Hall–Kier alpha value is -0.870. The summed E-state index contributed by atoms with van der Waals surface area (Å²) in [5, 5.41) is 22.2. The third-order valence-electron chi connectivity index (χ3n) is 9.04. The van der Waals surface area contributed by atoms with E-state index in [-0.39, 0.29) is 34.7 Å². The summed E-state index contributed by atoms with van der Waals surface area (Å²) in [6.07, 6.45) is 7.34. The smallest absolute Gasteiger partial charge is 0.226 e. The van der Waals surface area contributed by atoms with Gasteiger partial charge in [-0.05, 0) is 76.0 Å². The SMILES string of the molecule is CCN1C(=O)CC[C@@]2(C)C1=CCC1C2[C@@](C)(O)C[C@@]2(C)C1CC[C@@H]2C(C)O. The Bertz CT molecular complexity index is 669. The van der Waals surface area contributed by atoms with E-state index in [1.165, 1.54) is 0 Å². The number of fused-ring (bicyclic) bond motifs is 5. The zero-order valence-electron chi connectivity index (χ0n) is 17.7. The van der Waals surface area contributed by atoms with Crippen LogP contribution in [0.4, 0.5) is 0 Å². The van der Waals surface area contributed by atoms with E-state index in [0.29, 0.717) is 24.8 Å². The predicted molar refractivity (Wildman–Crippen MR) is 106 cm³/mol.